The zero-order valence-corrected chi connectivity index (χ0v) is 10.4. The van der Waals surface area contributed by atoms with Crippen molar-refractivity contribution in [3.8, 4) is 11.5 Å². The second kappa shape index (κ2) is 6.26. The van der Waals surface area contributed by atoms with E-state index in [9.17, 15) is 4.79 Å². The lowest BCUT2D eigenvalue weighted by atomic mass is 10.2. The molecule has 2 rings (SSSR count). The molecule has 0 radical (unpaired) electrons. The first-order valence-electron chi connectivity index (χ1n) is 6.02. The molecule has 5 heteroatoms. The molecule has 0 atom stereocenters. The van der Waals surface area contributed by atoms with Crippen molar-refractivity contribution in [3.63, 3.8) is 0 Å². The highest BCUT2D eigenvalue weighted by atomic mass is 16.7. The minimum atomic E-state index is -0.110. The highest BCUT2D eigenvalue weighted by Gasteiger charge is 2.13. The third-order valence-corrected chi connectivity index (χ3v) is 2.51. The smallest absolute Gasteiger partial charge is 0.246 e. The topological polar surface area (TPSA) is 56.8 Å². The normalized spacial score (nSPS) is 12.5. The molecule has 5 nitrogen and oxygen atoms in total. The van der Waals surface area contributed by atoms with Crippen LogP contribution in [0.5, 0.6) is 11.5 Å². The van der Waals surface area contributed by atoms with E-state index in [-0.39, 0.29) is 19.3 Å². The van der Waals surface area contributed by atoms with E-state index < -0.39 is 0 Å². The number of hydrogen-bond donors (Lipinski definition) is 1. The van der Waals surface area contributed by atoms with Crippen molar-refractivity contribution < 1.29 is 19.0 Å². The van der Waals surface area contributed by atoms with E-state index in [1.807, 2.05) is 25.1 Å². The Labute approximate surface area is 106 Å². The molecule has 1 aromatic rings. The second-order valence-corrected chi connectivity index (χ2v) is 4.02. The molecule has 0 unspecified atom stereocenters. The largest absolute Gasteiger partial charge is 0.454 e. The number of hydrogen-bond acceptors (Lipinski definition) is 4. The van der Waals surface area contributed by atoms with Crippen LogP contribution in [0.2, 0.25) is 0 Å². The van der Waals surface area contributed by atoms with Gasteiger partial charge in [0.2, 0.25) is 12.7 Å². The Kier molecular flexibility index (Phi) is 4.41. The average Bonchev–Trinajstić information content (AvgIpc) is 2.84. The Morgan fingerprint density at radius 1 is 1.39 bits per heavy atom. The van der Waals surface area contributed by atoms with Gasteiger partial charge in [-0.3, -0.25) is 4.79 Å². The monoisotopic (exact) mass is 251 g/mol. The number of benzene rings is 1. The lowest BCUT2D eigenvalue weighted by molar-refractivity contribution is -0.125. The van der Waals surface area contributed by atoms with Crippen LogP contribution < -0.4 is 14.8 Å². The van der Waals surface area contributed by atoms with Gasteiger partial charge in [0.1, 0.15) is 6.61 Å². The Bertz CT molecular complexity index is 419. The predicted molar refractivity (Wildman–Crippen MR) is 65.5 cm³/mol. The van der Waals surface area contributed by atoms with Crippen LogP contribution in [0.3, 0.4) is 0 Å². The van der Waals surface area contributed by atoms with Gasteiger partial charge in [0.25, 0.3) is 0 Å². The maximum absolute atomic E-state index is 11.4. The third-order valence-electron chi connectivity index (χ3n) is 2.51. The van der Waals surface area contributed by atoms with Crippen molar-refractivity contribution in [3.05, 3.63) is 23.8 Å². The fourth-order valence-electron chi connectivity index (χ4n) is 1.61. The van der Waals surface area contributed by atoms with Gasteiger partial charge in [0, 0.05) is 13.2 Å². The van der Waals surface area contributed by atoms with Crippen LogP contribution in [0.1, 0.15) is 18.9 Å². The Balaban J connectivity index is 1.78. The fraction of sp³-hybridized carbons (Fsp3) is 0.462. The van der Waals surface area contributed by atoms with E-state index in [1.165, 1.54) is 0 Å². The molecule has 0 aromatic heterocycles. The summed E-state index contributed by atoms with van der Waals surface area (Å²) < 4.78 is 15.6. The van der Waals surface area contributed by atoms with Crippen LogP contribution in [0.25, 0.3) is 0 Å². The maximum Gasteiger partial charge on any atom is 0.246 e. The van der Waals surface area contributed by atoms with E-state index in [0.717, 1.165) is 23.5 Å². The van der Waals surface area contributed by atoms with Crippen LogP contribution in [0.4, 0.5) is 0 Å². The summed E-state index contributed by atoms with van der Waals surface area (Å²) in [6.07, 6.45) is 0.912. The number of fused-ring (bicyclic) bond motifs is 1. The van der Waals surface area contributed by atoms with Crippen molar-refractivity contribution >= 4 is 5.91 Å². The molecule has 0 saturated carbocycles. The molecule has 1 N–H and O–H groups in total. The van der Waals surface area contributed by atoms with Crippen LogP contribution in [0.15, 0.2) is 18.2 Å². The van der Waals surface area contributed by atoms with Gasteiger partial charge in [-0.2, -0.15) is 0 Å². The van der Waals surface area contributed by atoms with E-state index >= 15 is 0 Å². The molecule has 98 valence electrons. The average molecular weight is 251 g/mol. The van der Waals surface area contributed by atoms with Gasteiger partial charge in [0.15, 0.2) is 11.5 Å². The second-order valence-electron chi connectivity index (χ2n) is 4.02. The molecule has 1 aliphatic heterocycles. The van der Waals surface area contributed by atoms with Crippen molar-refractivity contribution in [2.24, 2.45) is 0 Å². The van der Waals surface area contributed by atoms with Crippen molar-refractivity contribution in [2.45, 2.75) is 19.9 Å². The van der Waals surface area contributed by atoms with Gasteiger partial charge >= 0.3 is 0 Å². The van der Waals surface area contributed by atoms with Crippen LogP contribution >= 0.6 is 0 Å². The summed E-state index contributed by atoms with van der Waals surface area (Å²) in [7, 11) is 0. The van der Waals surface area contributed by atoms with E-state index in [0.29, 0.717) is 13.2 Å². The van der Waals surface area contributed by atoms with Gasteiger partial charge in [0.05, 0.1) is 0 Å². The van der Waals surface area contributed by atoms with Gasteiger partial charge < -0.3 is 19.5 Å². The van der Waals surface area contributed by atoms with Crippen molar-refractivity contribution in [1.82, 2.24) is 5.32 Å². The van der Waals surface area contributed by atoms with Gasteiger partial charge in [-0.25, -0.2) is 0 Å². The standard InChI is InChI=1S/C13H17NO4/c1-2-5-16-8-13(15)14-7-10-3-4-11-12(6-10)18-9-17-11/h3-4,6H,2,5,7-9H2,1H3,(H,14,15). The first kappa shape index (κ1) is 12.7. The fourth-order valence-corrected chi connectivity index (χ4v) is 1.61. The number of amides is 1. The van der Waals surface area contributed by atoms with Crippen molar-refractivity contribution in [2.75, 3.05) is 20.0 Å². The van der Waals surface area contributed by atoms with Crippen molar-refractivity contribution in [1.29, 1.82) is 0 Å². The molecule has 0 aliphatic carbocycles. The third kappa shape index (κ3) is 3.37. The lowest BCUT2D eigenvalue weighted by Gasteiger charge is -2.06. The minimum Gasteiger partial charge on any atom is -0.454 e. The number of carbonyl (C=O) groups excluding carboxylic acids is 1. The predicted octanol–water partition coefficient (Wildman–Crippen LogP) is 1.46. The van der Waals surface area contributed by atoms with Crippen LogP contribution in [-0.2, 0) is 16.1 Å². The summed E-state index contributed by atoms with van der Waals surface area (Å²) in [4.78, 5) is 11.4. The minimum absolute atomic E-state index is 0.110. The summed E-state index contributed by atoms with van der Waals surface area (Å²) in [5.74, 6) is 1.36. The maximum atomic E-state index is 11.4. The summed E-state index contributed by atoms with van der Waals surface area (Å²) in [5, 5.41) is 2.79. The SMILES string of the molecule is CCCOCC(=O)NCc1ccc2c(c1)OCO2. The van der Waals surface area contributed by atoms with Crippen LogP contribution in [0, 0.1) is 0 Å². The van der Waals surface area contributed by atoms with E-state index in [2.05, 4.69) is 5.32 Å². The van der Waals surface area contributed by atoms with Crippen LogP contribution in [-0.4, -0.2) is 25.9 Å². The van der Waals surface area contributed by atoms with Gasteiger partial charge in [-0.15, -0.1) is 0 Å². The molecule has 1 aliphatic rings. The molecular weight excluding hydrogens is 234 g/mol. The zero-order valence-electron chi connectivity index (χ0n) is 10.4. The Hall–Kier alpha value is -1.75. The Morgan fingerprint density at radius 3 is 3.06 bits per heavy atom. The number of rotatable bonds is 6. The summed E-state index contributed by atoms with van der Waals surface area (Å²) in [6, 6.07) is 5.62. The molecule has 0 spiro atoms. The summed E-state index contributed by atoms with van der Waals surface area (Å²) in [5.41, 5.74) is 0.975. The van der Waals surface area contributed by atoms with E-state index in [4.69, 9.17) is 14.2 Å². The molecule has 1 aromatic carbocycles. The number of nitrogens with one attached hydrogen (secondary N) is 1. The van der Waals surface area contributed by atoms with Gasteiger partial charge in [-0.1, -0.05) is 13.0 Å². The lowest BCUT2D eigenvalue weighted by Crippen LogP contribution is -2.27. The summed E-state index contributed by atoms with van der Waals surface area (Å²) >= 11 is 0. The highest BCUT2D eigenvalue weighted by molar-refractivity contribution is 5.77. The van der Waals surface area contributed by atoms with E-state index in [1.54, 1.807) is 0 Å². The molecule has 0 saturated heterocycles. The zero-order chi connectivity index (χ0) is 12.8. The quantitative estimate of drug-likeness (QED) is 0.778. The first-order chi connectivity index (χ1) is 8.79. The first-order valence-corrected chi connectivity index (χ1v) is 6.02. The Morgan fingerprint density at radius 2 is 2.22 bits per heavy atom. The van der Waals surface area contributed by atoms with Gasteiger partial charge in [-0.05, 0) is 24.1 Å². The molecule has 18 heavy (non-hydrogen) atoms. The molecular formula is C13H17NO4. The molecule has 1 amide bonds. The molecule has 1 heterocycles. The summed E-state index contributed by atoms with van der Waals surface area (Å²) in [6.45, 7) is 3.45. The number of ether oxygens (including phenoxy) is 3. The molecule has 0 bridgehead atoms. The highest BCUT2D eigenvalue weighted by Crippen LogP contribution is 2.32. The molecule has 0 fully saturated rings. The number of carbonyl (C=O) groups is 1.